The zero-order valence-corrected chi connectivity index (χ0v) is 13.9. The summed E-state index contributed by atoms with van der Waals surface area (Å²) in [5, 5.41) is 8.74. The van der Waals surface area contributed by atoms with Crippen molar-refractivity contribution in [3.8, 4) is 6.07 Å². The van der Waals surface area contributed by atoms with E-state index in [0.29, 0.717) is 8.95 Å². The van der Waals surface area contributed by atoms with Gasteiger partial charge >= 0.3 is 0 Å². The third-order valence-electron chi connectivity index (χ3n) is 2.28. The van der Waals surface area contributed by atoms with E-state index in [1.807, 2.05) is 6.07 Å². The topological polar surface area (TPSA) is 61.2 Å². The molecule has 0 aliphatic heterocycles. The van der Waals surface area contributed by atoms with E-state index in [1.165, 1.54) is 10.4 Å². The molecule has 0 amide bonds. The van der Waals surface area contributed by atoms with Gasteiger partial charge in [0.25, 0.3) is 0 Å². The summed E-state index contributed by atoms with van der Waals surface area (Å²) in [5.74, 6) is 0. The van der Waals surface area contributed by atoms with Gasteiger partial charge < -0.3 is 0 Å². The minimum absolute atomic E-state index is 0.154. The van der Waals surface area contributed by atoms with Crippen LogP contribution >= 0.6 is 31.9 Å². The maximum atomic E-state index is 12.5. The Bertz CT molecular complexity index is 579. The number of rotatable bonds is 4. The Kier molecular flexibility index (Phi) is 5.34. The number of nitriles is 1. The van der Waals surface area contributed by atoms with Gasteiger partial charge in [-0.15, -0.1) is 0 Å². The summed E-state index contributed by atoms with van der Waals surface area (Å²) in [4.78, 5) is 0.154. The summed E-state index contributed by atoms with van der Waals surface area (Å²) in [6.07, 6.45) is 0. The summed E-state index contributed by atoms with van der Waals surface area (Å²) in [6.45, 7) is 3.31. The predicted molar refractivity (Wildman–Crippen MR) is 76.5 cm³/mol. The summed E-state index contributed by atoms with van der Waals surface area (Å²) in [6, 6.07) is 6.52. The molecule has 0 heterocycles. The first-order chi connectivity index (χ1) is 8.30. The second-order valence-electron chi connectivity index (χ2n) is 3.88. The third-order valence-corrected chi connectivity index (χ3v) is 5.79. The first-order valence-electron chi connectivity index (χ1n) is 5.14. The molecular weight excluding hydrogens is 384 g/mol. The largest absolute Gasteiger partial charge is 0.245 e. The van der Waals surface area contributed by atoms with Crippen molar-refractivity contribution in [1.29, 1.82) is 5.26 Å². The summed E-state index contributed by atoms with van der Waals surface area (Å²) < 4.78 is 27.2. The van der Waals surface area contributed by atoms with E-state index in [2.05, 4.69) is 31.9 Å². The molecule has 1 rings (SSSR count). The smallest absolute Gasteiger partial charge is 0.207 e. The van der Waals surface area contributed by atoms with Crippen molar-refractivity contribution in [2.75, 3.05) is 6.54 Å². The first-order valence-corrected chi connectivity index (χ1v) is 8.17. The predicted octanol–water partition coefficient (Wildman–Crippen LogP) is 3.13. The van der Waals surface area contributed by atoms with Crippen LogP contribution < -0.4 is 0 Å². The lowest BCUT2D eigenvalue weighted by atomic mass is 10.4. The van der Waals surface area contributed by atoms with Crippen molar-refractivity contribution in [1.82, 2.24) is 4.31 Å². The Labute approximate surface area is 124 Å². The van der Waals surface area contributed by atoms with E-state index in [9.17, 15) is 8.42 Å². The lowest BCUT2D eigenvalue weighted by Gasteiger charge is -2.23. The van der Waals surface area contributed by atoms with Crippen LogP contribution in [0.5, 0.6) is 0 Å². The molecule has 1 aromatic carbocycles. The van der Waals surface area contributed by atoms with Crippen LogP contribution in [0.25, 0.3) is 0 Å². The van der Waals surface area contributed by atoms with Gasteiger partial charge in [-0.2, -0.15) is 9.57 Å². The molecule has 0 N–H and O–H groups in total. The molecular formula is C11H12Br2N2O2S. The van der Waals surface area contributed by atoms with E-state index < -0.39 is 10.0 Å². The molecule has 4 nitrogen and oxygen atoms in total. The van der Waals surface area contributed by atoms with Gasteiger partial charge in [-0.25, -0.2) is 8.42 Å². The normalized spacial score (nSPS) is 11.8. The highest BCUT2D eigenvalue weighted by atomic mass is 79.9. The van der Waals surface area contributed by atoms with Crippen LogP contribution in [0.1, 0.15) is 13.8 Å². The second kappa shape index (κ2) is 6.15. The molecule has 0 unspecified atom stereocenters. The van der Waals surface area contributed by atoms with E-state index in [4.69, 9.17) is 5.26 Å². The number of hydrogen-bond acceptors (Lipinski definition) is 3. The van der Waals surface area contributed by atoms with Crippen molar-refractivity contribution in [3.05, 3.63) is 27.1 Å². The third kappa shape index (κ3) is 3.32. The SMILES string of the molecule is CC(C)N(CC#N)S(=O)(=O)c1cc(Br)ccc1Br. The number of hydrogen-bond donors (Lipinski definition) is 0. The Morgan fingerprint density at radius 2 is 2.00 bits per heavy atom. The molecule has 7 heteroatoms. The standard InChI is InChI=1S/C11H12Br2N2O2S/c1-8(2)15(6-5-14)18(16,17)11-7-9(12)3-4-10(11)13/h3-4,7-8H,6H2,1-2H3. The van der Waals surface area contributed by atoms with Gasteiger partial charge in [0.2, 0.25) is 10.0 Å². The average molecular weight is 396 g/mol. The molecule has 0 aromatic heterocycles. The zero-order chi connectivity index (χ0) is 13.9. The van der Waals surface area contributed by atoms with Crippen molar-refractivity contribution in [3.63, 3.8) is 0 Å². The van der Waals surface area contributed by atoms with Crippen LogP contribution in [0, 0.1) is 11.3 Å². The van der Waals surface area contributed by atoms with Crippen LogP contribution in [-0.4, -0.2) is 25.3 Å². The number of halogens is 2. The fourth-order valence-electron chi connectivity index (χ4n) is 1.42. The summed E-state index contributed by atoms with van der Waals surface area (Å²) in [7, 11) is -3.68. The van der Waals surface area contributed by atoms with Crippen LogP contribution in [0.4, 0.5) is 0 Å². The van der Waals surface area contributed by atoms with E-state index in [0.717, 1.165) is 0 Å². The molecule has 0 atom stereocenters. The fraction of sp³-hybridized carbons (Fsp3) is 0.364. The van der Waals surface area contributed by atoms with Crippen LogP contribution in [0.2, 0.25) is 0 Å². The van der Waals surface area contributed by atoms with Crippen LogP contribution in [-0.2, 0) is 10.0 Å². The minimum atomic E-state index is -3.68. The van der Waals surface area contributed by atoms with Gasteiger partial charge in [-0.1, -0.05) is 15.9 Å². The summed E-state index contributed by atoms with van der Waals surface area (Å²) in [5.41, 5.74) is 0. The highest BCUT2D eigenvalue weighted by Crippen LogP contribution is 2.28. The Morgan fingerprint density at radius 1 is 1.39 bits per heavy atom. The second-order valence-corrected chi connectivity index (χ2v) is 7.51. The number of benzene rings is 1. The van der Waals surface area contributed by atoms with Gasteiger partial charge in [-0.05, 0) is 48.0 Å². The quantitative estimate of drug-likeness (QED) is 0.735. The lowest BCUT2D eigenvalue weighted by Crippen LogP contribution is -2.37. The van der Waals surface area contributed by atoms with Gasteiger partial charge in [0, 0.05) is 15.0 Å². The molecule has 98 valence electrons. The average Bonchev–Trinajstić information content (AvgIpc) is 2.28. The monoisotopic (exact) mass is 394 g/mol. The Balaban J connectivity index is 3.36. The molecule has 0 bridgehead atoms. The van der Waals surface area contributed by atoms with Gasteiger partial charge in [-0.3, -0.25) is 0 Å². The van der Waals surface area contributed by atoms with Crippen molar-refractivity contribution in [2.24, 2.45) is 0 Å². The van der Waals surface area contributed by atoms with E-state index in [1.54, 1.807) is 26.0 Å². The molecule has 0 aliphatic rings. The lowest BCUT2D eigenvalue weighted by molar-refractivity contribution is 0.385. The molecule has 0 saturated heterocycles. The van der Waals surface area contributed by atoms with Gasteiger partial charge in [0.1, 0.15) is 6.54 Å². The molecule has 0 aliphatic carbocycles. The highest BCUT2D eigenvalue weighted by molar-refractivity contribution is 9.11. The van der Waals surface area contributed by atoms with Gasteiger partial charge in [0.05, 0.1) is 11.0 Å². The van der Waals surface area contributed by atoms with Crippen molar-refractivity contribution < 1.29 is 8.42 Å². The molecule has 0 spiro atoms. The van der Waals surface area contributed by atoms with E-state index in [-0.39, 0.29) is 17.5 Å². The Hall–Kier alpha value is -0.420. The van der Waals surface area contributed by atoms with Crippen molar-refractivity contribution >= 4 is 41.9 Å². The van der Waals surface area contributed by atoms with Crippen molar-refractivity contribution in [2.45, 2.75) is 24.8 Å². The van der Waals surface area contributed by atoms with E-state index >= 15 is 0 Å². The molecule has 0 fully saturated rings. The maximum absolute atomic E-state index is 12.5. The van der Waals surface area contributed by atoms with Crippen LogP contribution in [0.15, 0.2) is 32.0 Å². The minimum Gasteiger partial charge on any atom is -0.207 e. The fourth-order valence-corrected chi connectivity index (χ4v) is 4.41. The molecule has 1 aromatic rings. The molecule has 0 radical (unpaired) electrons. The molecule has 18 heavy (non-hydrogen) atoms. The highest BCUT2D eigenvalue weighted by Gasteiger charge is 2.28. The number of nitrogens with zero attached hydrogens (tertiary/aromatic N) is 2. The van der Waals surface area contributed by atoms with Crippen LogP contribution in [0.3, 0.4) is 0 Å². The van der Waals surface area contributed by atoms with Gasteiger partial charge in [0.15, 0.2) is 0 Å². The molecule has 0 saturated carbocycles. The maximum Gasteiger partial charge on any atom is 0.245 e. The summed E-state index contributed by atoms with van der Waals surface area (Å²) >= 11 is 6.47. The zero-order valence-electron chi connectivity index (χ0n) is 9.89. The number of sulfonamides is 1. The Morgan fingerprint density at radius 3 is 2.50 bits per heavy atom. The first kappa shape index (κ1) is 15.6.